The minimum Gasteiger partial charge on any atom is -0.368 e. The van der Waals surface area contributed by atoms with Crippen molar-refractivity contribution in [3.05, 3.63) is 64.6 Å². The van der Waals surface area contributed by atoms with Gasteiger partial charge in [0.1, 0.15) is 5.82 Å². The first kappa shape index (κ1) is 35.5. The van der Waals surface area contributed by atoms with Crippen LogP contribution in [-0.2, 0) is 4.79 Å². The van der Waals surface area contributed by atoms with Crippen LogP contribution in [0.15, 0.2) is 58.3 Å². The summed E-state index contributed by atoms with van der Waals surface area (Å²) < 4.78 is 14.2. The number of rotatable bonds is 9. The number of amides is 1. The van der Waals surface area contributed by atoms with Crippen LogP contribution in [0.25, 0.3) is 5.57 Å². The second-order valence-electron chi connectivity index (χ2n) is 12.5. The van der Waals surface area contributed by atoms with Crippen molar-refractivity contribution in [2.24, 2.45) is 16.3 Å². The number of hydrogen-bond donors (Lipinski definition) is 0. The third-order valence-electron chi connectivity index (χ3n) is 8.38. The monoisotopic (exact) mass is 579 g/mol. The van der Waals surface area contributed by atoms with Gasteiger partial charge < -0.3 is 9.80 Å². The SMILES string of the molecule is CC.CCCCCC(CC)C1=CC=C(c2cccc(F)c2)CC(=NCC)/C1=C(\C)N1CCN(C(=O)C(C)(C)C)C[C@@H]1C. The predicted octanol–water partition coefficient (Wildman–Crippen LogP) is 9.49. The third kappa shape index (κ3) is 9.15. The lowest BCUT2D eigenvalue weighted by Gasteiger charge is -2.44. The number of carbonyl (C=O) groups is 1. The van der Waals surface area contributed by atoms with E-state index in [0.29, 0.717) is 18.9 Å². The van der Waals surface area contributed by atoms with Gasteiger partial charge in [0.15, 0.2) is 0 Å². The van der Waals surface area contributed by atoms with Gasteiger partial charge in [-0.05, 0) is 68.4 Å². The summed E-state index contributed by atoms with van der Waals surface area (Å²) >= 11 is 0. The second-order valence-corrected chi connectivity index (χ2v) is 12.5. The number of carbonyl (C=O) groups excluding carboxylic acids is 1. The zero-order valence-corrected chi connectivity index (χ0v) is 28.3. The van der Waals surface area contributed by atoms with Crippen LogP contribution >= 0.6 is 0 Å². The molecular formula is C37H58FN3O. The number of benzene rings is 1. The molecule has 1 aromatic rings. The molecule has 0 aromatic heterocycles. The lowest BCUT2D eigenvalue weighted by atomic mass is 9.82. The summed E-state index contributed by atoms with van der Waals surface area (Å²) in [5.74, 6) is 0.439. The quantitative estimate of drug-likeness (QED) is 0.273. The van der Waals surface area contributed by atoms with Gasteiger partial charge in [0.2, 0.25) is 5.91 Å². The molecule has 1 amide bonds. The predicted molar refractivity (Wildman–Crippen MR) is 179 cm³/mol. The Morgan fingerprint density at radius 1 is 1.10 bits per heavy atom. The molecule has 42 heavy (non-hydrogen) atoms. The van der Waals surface area contributed by atoms with Crippen LogP contribution in [0.5, 0.6) is 0 Å². The van der Waals surface area contributed by atoms with Crippen LogP contribution in [0.3, 0.4) is 0 Å². The summed E-state index contributed by atoms with van der Waals surface area (Å²) in [5, 5.41) is 0. The second kappa shape index (κ2) is 16.8. The van der Waals surface area contributed by atoms with Gasteiger partial charge in [-0.3, -0.25) is 9.79 Å². The molecule has 0 spiro atoms. The van der Waals surface area contributed by atoms with Gasteiger partial charge in [-0.1, -0.05) is 92.0 Å². The molecule has 1 heterocycles. The Labute approximate surface area is 256 Å². The number of piperazine rings is 1. The molecule has 0 bridgehead atoms. The van der Waals surface area contributed by atoms with Gasteiger partial charge in [0.05, 0.1) is 0 Å². The van der Waals surface area contributed by atoms with E-state index >= 15 is 0 Å². The molecule has 1 unspecified atom stereocenters. The number of hydrogen-bond acceptors (Lipinski definition) is 3. The standard InChI is InChI=1S/C35H52FN3O.C2H6/c1-9-12-13-15-27(10-2)31-19-18-29(28-16-14-17-30(36)22-28)23-32(37-11-3)33(31)26(5)39-21-20-38(24-25(39)4)34(40)35(6,7)8;1-2/h14,16-19,22,25,27H,9-13,15,20-21,23-24H2,1-8H3;1-2H3/b33-26+,37-32?;/t25-,27?;/m0./s1. The number of nitrogens with zero attached hydrogens (tertiary/aromatic N) is 3. The zero-order chi connectivity index (χ0) is 31.4. The van der Waals surface area contributed by atoms with Crippen LogP contribution in [-0.4, -0.2) is 53.6 Å². The molecule has 4 nitrogen and oxygen atoms in total. The molecule has 1 aromatic carbocycles. The highest BCUT2D eigenvalue weighted by molar-refractivity contribution is 6.10. The van der Waals surface area contributed by atoms with Crippen LogP contribution in [0.1, 0.15) is 113 Å². The Hall–Kier alpha value is -2.69. The molecule has 0 N–H and O–H groups in total. The molecule has 0 radical (unpaired) electrons. The normalized spacial score (nSPS) is 20.7. The van der Waals surface area contributed by atoms with Crippen molar-refractivity contribution < 1.29 is 9.18 Å². The van der Waals surface area contributed by atoms with Gasteiger partial charge in [-0.2, -0.15) is 0 Å². The molecule has 1 saturated heterocycles. The molecule has 3 rings (SSSR count). The minimum absolute atomic E-state index is 0.204. The van der Waals surface area contributed by atoms with E-state index < -0.39 is 0 Å². The van der Waals surface area contributed by atoms with E-state index in [9.17, 15) is 9.18 Å². The van der Waals surface area contributed by atoms with Gasteiger partial charge >= 0.3 is 0 Å². The van der Waals surface area contributed by atoms with Crippen LogP contribution < -0.4 is 0 Å². The summed E-state index contributed by atoms with van der Waals surface area (Å²) in [5.41, 5.74) is 6.60. The Bertz CT molecular complexity index is 1150. The van der Waals surface area contributed by atoms with Crippen molar-refractivity contribution in [2.45, 2.75) is 114 Å². The van der Waals surface area contributed by atoms with Gasteiger partial charge in [0.25, 0.3) is 0 Å². The first-order valence-corrected chi connectivity index (χ1v) is 16.5. The Morgan fingerprint density at radius 2 is 1.81 bits per heavy atom. The summed E-state index contributed by atoms with van der Waals surface area (Å²) in [6.45, 7) is 24.1. The number of halogens is 1. The van der Waals surface area contributed by atoms with Crippen molar-refractivity contribution >= 4 is 17.2 Å². The third-order valence-corrected chi connectivity index (χ3v) is 8.38. The maximum atomic E-state index is 14.2. The topological polar surface area (TPSA) is 35.9 Å². The molecule has 1 aliphatic heterocycles. The summed E-state index contributed by atoms with van der Waals surface area (Å²) in [4.78, 5) is 22.7. The smallest absolute Gasteiger partial charge is 0.228 e. The fourth-order valence-electron chi connectivity index (χ4n) is 6.22. The Balaban J connectivity index is 0.00000301. The van der Waals surface area contributed by atoms with Crippen molar-refractivity contribution in [1.82, 2.24) is 9.80 Å². The van der Waals surface area contributed by atoms with Crippen LogP contribution in [0, 0.1) is 17.2 Å². The van der Waals surface area contributed by atoms with Crippen molar-refractivity contribution in [3.8, 4) is 0 Å². The first-order valence-electron chi connectivity index (χ1n) is 16.5. The van der Waals surface area contributed by atoms with E-state index in [-0.39, 0.29) is 23.2 Å². The highest BCUT2D eigenvalue weighted by atomic mass is 19.1. The van der Waals surface area contributed by atoms with Crippen molar-refractivity contribution in [2.75, 3.05) is 26.2 Å². The van der Waals surface area contributed by atoms with Gasteiger partial charge in [-0.15, -0.1) is 0 Å². The van der Waals surface area contributed by atoms with E-state index in [1.807, 2.05) is 45.6 Å². The average molecular weight is 580 g/mol. The lowest BCUT2D eigenvalue weighted by Crippen LogP contribution is -2.55. The summed E-state index contributed by atoms with van der Waals surface area (Å²) in [6.07, 6.45) is 11.1. The van der Waals surface area contributed by atoms with Crippen LogP contribution in [0.4, 0.5) is 4.39 Å². The van der Waals surface area contributed by atoms with Crippen molar-refractivity contribution in [3.63, 3.8) is 0 Å². The molecule has 5 heteroatoms. The maximum absolute atomic E-state index is 14.2. The number of aliphatic imine (C=N–C) groups is 1. The summed E-state index contributed by atoms with van der Waals surface area (Å²) in [7, 11) is 0. The van der Waals surface area contributed by atoms with Gasteiger partial charge in [0, 0.05) is 61.0 Å². The highest BCUT2D eigenvalue weighted by Crippen LogP contribution is 2.38. The molecule has 2 aliphatic rings. The lowest BCUT2D eigenvalue weighted by molar-refractivity contribution is -0.142. The Morgan fingerprint density at radius 3 is 2.38 bits per heavy atom. The van der Waals surface area contributed by atoms with Crippen LogP contribution in [0.2, 0.25) is 0 Å². The largest absolute Gasteiger partial charge is 0.368 e. The van der Waals surface area contributed by atoms with Crippen molar-refractivity contribution in [1.29, 1.82) is 0 Å². The maximum Gasteiger partial charge on any atom is 0.228 e. The average Bonchev–Trinajstić information content (AvgIpc) is 3.15. The summed E-state index contributed by atoms with van der Waals surface area (Å²) in [6, 6.07) is 7.14. The fourth-order valence-corrected chi connectivity index (χ4v) is 6.22. The number of allylic oxidation sites excluding steroid dienone is 6. The van der Waals surface area contributed by atoms with E-state index in [4.69, 9.17) is 4.99 Å². The first-order chi connectivity index (χ1) is 20.0. The molecule has 0 saturated carbocycles. The number of unbranched alkanes of at least 4 members (excludes halogenated alkanes) is 2. The molecular weight excluding hydrogens is 521 g/mol. The molecule has 1 aliphatic carbocycles. The fraction of sp³-hybridized carbons (Fsp3) is 0.622. The van der Waals surface area contributed by atoms with E-state index in [1.165, 1.54) is 42.2 Å². The molecule has 1 fully saturated rings. The van der Waals surface area contributed by atoms with E-state index in [1.54, 1.807) is 12.1 Å². The minimum atomic E-state index is -0.376. The molecule has 234 valence electrons. The van der Waals surface area contributed by atoms with Gasteiger partial charge in [-0.25, -0.2) is 4.39 Å². The van der Waals surface area contributed by atoms with E-state index in [2.05, 4.69) is 51.7 Å². The Kier molecular flexibility index (Phi) is 14.2. The molecule has 2 atom stereocenters. The van der Waals surface area contributed by atoms with E-state index in [0.717, 1.165) is 49.3 Å². The highest BCUT2D eigenvalue weighted by Gasteiger charge is 2.34. The zero-order valence-electron chi connectivity index (χ0n) is 28.3.